The number of hydrogen-bond donors (Lipinski definition) is 1. The van der Waals surface area contributed by atoms with Gasteiger partial charge in [-0.05, 0) is 12.1 Å². The van der Waals surface area contributed by atoms with Crippen LogP contribution in [0, 0.1) is 10.1 Å². The molecule has 14 heavy (non-hydrogen) atoms. The molecule has 0 bridgehead atoms. The molecule has 0 saturated carbocycles. The molecule has 1 aliphatic rings. The number of non-ortho nitro benzene ring substituents is 1. The Balaban J connectivity index is 2.01. The highest BCUT2D eigenvalue weighted by atomic mass is 32.2. The third-order valence-electron chi connectivity index (χ3n) is 2.09. The summed E-state index contributed by atoms with van der Waals surface area (Å²) < 4.78 is 0. The van der Waals surface area contributed by atoms with Crippen molar-refractivity contribution in [2.24, 2.45) is 0 Å². The third-order valence-corrected chi connectivity index (χ3v) is 3.36. The molecular weight excluding hydrogens is 200 g/mol. The molecule has 0 unspecified atom stereocenters. The molecule has 0 aromatic heterocycles. The van der Waals surface area contributed by atoms with Crippen LogP contribution in [0.25, 0.3) is 0 Å². The predicted molar refractivity (Wildman–Crippen MR) is 57.8 cm³/mol. The molecule has 0 radical (unpaired) electrons. The first-order chi connectivity index (χ1) is 6.75. The molecule has 1 aromatic carbocycles. The smallest absolute Gasteiger partial charge is 0.269 e. The van der Waals surface area contributed by atoms with Crippen LogP contribution in [0.1, 0.15) is 0 Å². The Morgan fingerprint density at radius 1 is 1.36 bits per heavy atom. The molecule has 0 amide bonds. The van der Waals surface area contributed by atoms with Crippen LogP contribution in [-0.2, 0) is 0 Å². The second kappa shape index (κ2) is 3.88. The molecule has 0 atom stereocenters. The van der Waals surface area contributed by atoms with Crippen molar-refractivity contribution in [1.29, 1.82) is 0 Å². The lowest BCUT2D eigenvalue weighted by atomic mass is 10.2. The van der Waals surface area contributed by atoms with Crippen molar-refractivity contribution in [1.82, 2.24) is 0 Å². The van der Waals surface area contributed by atoms with Crippen LogP contribution in [0.15, 0.2) is 24.3 Å². The number of benzene rings is 1. The lowest BCUT2D eigenvalue weighted by molar-refractivity contribution is -0.384. The van der Waals surface area contributed by atoms with Gasteiger partial charge in [0.25, 0.3) is 5.69 Å². The monoisotopic (exact) mass is 210 g/mol. The lowest BCUT2D eigenvalue weighted by Gasteiger charge is -2.26. The van der Waals surface area contributed by atoms with Crippen molar-refractivity contribution < 1.29 is 4.92 Å². The van der Waals surface area contributed by atoms with Gasteiger partial charge in [0.15, 0.2) is 0 Å². The average molecular weight is 210 g/mol. The van der Waals surface area contributed by atoms with E-state index in [4.69, 9.17) is 0 Å². The first-order valence-corrected chi connectivity index (χ1v) is 5.50. The number of nitro groups is 1. The zero-order chi connectivity index (χ0) is 9.97. The SMILES string of the molecule is O=[N+]([O-])c1ccc(NC2CSC2)cc1. The van der Waals surface area contributed by atoms with Gasteiger partial charge in [-0.1, -0.05) is 0 Å². The van der Waals surface area contributed by atoms with Gasteiger partial charge in [-0.3, -0.25) is 10.1 Å². The standard InChI is InChI=1S/C9H10N2O2S/c12-11(13)9-3-1-7(2-4-9)10-8-5-14-6-8/h1-4,8,10H,5-6H2. The maximum atomic E-state index is 10.4. The van der Waals surface area contributed by atoms with E-state index in [0.29, 0.717) is 6.04 Å². The van der Waals surface area contributed by atoms with Crippen LogP contribution in [0.4, 0.5) is 11.4 Å². The van der Waals surface area contributed by atoms with E-state index in [0.717, 1.165) is 17.2 Å². The third kappa shape index (κ3) is 1.98. The van der Waals surface area contributed by atoms with Gasteiger partial charge >= 0.3 is 0 Å². The van der Waals surface area contributed by atoms with Gasteiger partial charge in [0.1, 0.15) is 0 Å². The molecule has 0 aliphatic carbocycles. The van der Waals surface area contributed by atoms with E-state index in [2.05, 4.69) is 5.32 Å². The minimum absolute atomic E-state index is 0.138. The molecule has 2 rings (SSSR count). The minimum Gasteiger partial charge on any atom is -0.381 e. The zero-order valence-corrected chi connectivity index (χ0v) is 8.29. The van der Waals surface area contributed by atoms with Crippen molar-refractivity contribution in [3.05, 3.63) is 34.4 Å². The van der Waals surface area contributed by atoms with Gasteiger partial charge in [-0.25, -0.2) is 0 Å². The topological polar surface area (TPSA) is 55.2 Å². The molecule has 5 heteroatoms. The molecule has 1 aromatic rings. The summed E-state index contributed by atoms with van der Waals surface area (Å²) in [6, 6.07) is 7.08. The number of anilines is 1. The fraction of sp³-hybridized carbons (Fsp3) is 0.333. The Bertz CT molecular complexity index is 335. The maximum Gasteiger partial charge on any atom is 0.269 e. The molecule has 1 aliphatic heterocycles. The van der Waals surface area contributed by atoms with E-state index in [1.54, 1.807) is 12.1 Å². The normalized spacial score (nSPS) is 16.0. The minimum atomic E-state index is -0.386. The Labute approximate surface area is 85.8 Å². The van der Waals surface area contributed by atoms with Crippen LogP contribution in [0.3, 0.4) is 0 Å². The Hall–Kier alpha value is -1.23. The summed E-state index contributed by atoms with van der Waals surface area (Å²) in [5.41, 5.74) is 1.10. The predicted octanol–water partition coefficient (Wildman–Crippen LogP) is 2.12. The summed E-state index contributed by atoms with van der Waals surface area (Å²) in [6.07, 6.45) is 0. The Morgan fingerprint density at radius 3 is 2.43 bits per heavy atom. The number of hydrogen-bond acceptors (Lipinski definition) is 4. The molecule has 1 fully saturated rings. The van der Waals surface area contributed by atoms with Gasteiger partial charge in [-0.2, -0.15) is 11.8 Å². The van der Waals surface area contributed by atoms with Crippen molar-refractivity contribution in [3.63, 3.8) is 0 Å². The van der Waals surface area contributed by atoms with Crippen LogP contribution >= 0.6 is 11.8 Å². The maximum absolute atomic E-state index is 10.4. The number of nitro benzene ring substituents is 1. The van der Waals surface area contributed by atoms with Gasteiger partial charge in [0.05, 0.1) is 4.92 Å². The summed E-state index contributed by atoms with van der Waals surface area (Å²) in [6.45, 7) is 0. The second-order valence-electron chi connectivity index (χ2n) is 3.18. The van der Waals surface area contributed by atoms with E-state index in [9.17, 15) is 10.1 Å². The van der Waals surface area contributed by atoms with E-state index < -0.39 is 0 Å². The fourth-order valence-electron chi connectivity index (χ4n) is 1.23. The zero-order valence-electron chi connectivity index (χ0n) is 7.47. The lowest BCUT2D eigenvalue weighted by Crippen LogP contribution is -2.33. The van der Waals surface area contributed by atoms with E-state index in [-0.39, 0.29) is 10.6 Å². The second-order valence-corrected chi connectivity index (χ2v) is 4.26. The first kappa shape index (κ1) is 9.33. The van der Waals surface area contributed by atoms with E-state index in [1.807, 2.05) is 11.8 Å². The largest absolute Gasteiger partial charge is 0.381 e. The molecular formula is C9H10N2O2S. The van der Waals surface area contributed by atoms with Crippen molar-refractivity contribution in [2.45, 2.75) is 6.04 Å². The van der Waals surface area contributed by atoms with E-state index >= 15 is 0 Å². The van der Waals surface area contributed by atoms with Gasteiger partial charge in [0.2, 0.25) is 0 Å². The van der Waals surface area contributed by atoms with Crippen LogP contribution < -0.4 is 5.32 Å². The summed E-state index contributed by atoms with van der Waals surface area (Å²) >= 11 is 1.90. The van der Waals surface area contributed by atoms with Crippen molar-refractivity contribution in [3.8, 4) is 0 Å². The molecule has 1 heterocycles. The number of rotatable bonds is 3. The van der Waals surface area contributed by atoms with Gasteiger partial charge < -0.3 is 5.32 Å². The summed E-state index contributed by atoms with van der Waals surface area (Å²) in [5.74, 6) is 2.24. The molecule has 1 N–H and O–H groups in total. The highest BCUT2D eigenvalue weighted by Crippen LogP contribution is 2.23. The summed E-state index contributed by atoms with van der Waals surface area (Å²) in [5, 5.41) is 13.7. The summed E-state index contributed by atoms with van der Waals surface area (Å²) in [7, 11) is 0. The number of nitrogens with zero attached hydrogens (tertiary/aromatic N) is 1. The average Bonchev–Trinajstić information content (AvgIpc) is 2.12. The highest BCUT2D eigenvalue weighted by Gasteiger charge is 2.17. The quantitative estimate of drug-likeness (QED) is 0.613. The van der Waals surface area contributed by atoms with E-state index in [1.165, 1.54) is 12.1 Å². The van der Waals surface area contributed by atoms with Gasteiger partial charge in [0, 0.05) is 35.4 Å². The van der Waals surface area contributed by atoms with Crippen LogP contribution in [0.2, 0.25) is 0 Å². The molecule has 4 nitrogen and oxygen atoms in total. The van der Waals surface area contributed by atoms with Crippen LogP contribution in [-0.4, -0.2) is 22.5 Å². The Morgan fingerprint density at radius 2 is 2.00 bits per heavy atom. The highest BCUT2D eigenvalue weighted by molar-refractivity contribution is 8.00. The number of nitrogens with one attached hydrogen (secondary N) is 1. The van der Waals surface area contributed by atoms with Crippen molar-refractivity contribution >= 4 is 23.1 Å². The van der Waals surface area contributed by atoms with Crippen molar-refractivity contribution in [2.75, 3.05) is 16.8 Å². The Kier molecular flexibility index (Phi) is 2.58. The molecule has 0 spiro atoms. The van der Waals surface area contributed by atoms with Crippen LogP contribution in [0.5, 0.6) is 0 Å². The molecule has 74 valence electrons. The first-order valence-electron chi connectivity index (χ1n) is 4.34. The molecule has 1 saturated heterocycles. The fourth-order valence-corrected chi connectivity index (χ4v) is 1.87. The number of thioether (sulfide) groups is 1. The van der Waals surface area contributed by atoms with Gasteiger partial charge in [-0.15, -0.1) is 0 Å². The summed E-state index contributed by atoms with van der Waals surface area (Å²) in [4.78, 5) is 10.00.